The van der Waals surface area contributed by atoms with Crippen molar-refractivity contribution in [2.24, 2.45) is 0 Å². The Hall–Kier alpha value is -3.15. The monoisotopic (exact) mass is 361 g/mol. The Morgan fingerprint density at radius 3 is 2.30 bits per heavy atom. The first-order valence-corrected chi connectivity index (χ1v) is 9.42. The molecule has 1 aliphatic rings. The lowest BCUT2D eigenvalue weighted by Gasteiger charge is -2.15. The van der Waals surface area contributed by atoms with Crippen molar-refractivity contribution in [1.29, 1.82) is 0 Å². The number of hydrogen-bond donors (Lipinski definition) is 2. The van der Waals surface area contributed by atoms with Gasteiger partial charge in [0.15, 0.2) is 5.82 Å². The summed E-state index contributed by atoms with van der Waals surface area (Å²) >= 11 is 0. The predicted octanol–water partition coefficient (Wildman–Crippen LogP) is 4.49. The third-order valence-corrected chi connectivity index (χ3v) is 4.88. The predicted molar refractivity (Wildman–Crippen MR) is 107 cm³/mol. The minimum absolute atomic E-state index is 0.258. The van der Waals surface area contributed by atoms with Crippen molar-refractivity contribution in [2.75, 3.05) is 10.6 Å². The lowest BCUT2D eigenvalue weighted by atomic mass is 10.1. The zero-order chi connectivity index (χ0) is 18.6. The van der Waals surface area contributed by atoms with Gasteiger partial charge in [0.05, 0.1) is 0 Å². The maximum absolute atomic E-state index is 12.2. The van der Waals surface area contributed by atoms with Gasteiger partial charge in [0.25, 0.3) is 0 Å². The highest BCUT2D eigenvalue weighted by Crippen LogP contribution is 2.24. The summed E-state index contributed by atoms with van der Waals surface area (Å²) in [5, 5.41) is 14.3. The van der Waals surface area contributed by atoms with E-state index in [2.05, 4.69) is 32.3 Å². The number of aryl methyl sites for hydroxylation is 2. The molecule has 1 aromatic heterocycles. The van der Waals surface area contributed by atoms with Crippen LogP contribution in [-0.2, 0) is 19.4 Å². The zero-order valence-electron chi connectivity index (χ0n) is 15.4. The Balaban J connectivity index is 1.41. The third kappa shape index (κ3) is 3.84. The highest BCUT2D eigenvalue weighted by molar-refractivity contribution is 5.99. The number of amides is 2. The summed E-state index contributed by atoms with van der Waals surface area (Å²) in [5.74, 6) is 1.96. The van der Waals surface area contributed by atoms with E-state index in [1.807, 2.05) is 48.5 Å². The molecule has 2 N–H and O–H groups in total. The van der Waals surface area contributed by atoms with Crippen molar-refractivity contribution in [3.05, 3.63) is 59.9 Å². The highest BCUT2D eigenvalue weighted by Gasteiger charge is 2.16. The van der Waals surface area contributed by atoms with Gasteiger partial charge >= 0.3 is 6.03 Å². The summed E-state index contributed by atoms with van der Waals surface area (Å²) in [5.41, 5.74) is 3.76. The summed E-state index contributed by atoms with van der Waals surface area (Å²) in [6.07, 6.45) is 4.31. The number of anilines is 2. The molecule has 6 heteroatoms. The fraction of sp³-hybridized carbons (Fsp3) is 0.286. The van der Waals surface area contributed by atoms with E-state index < -0.39 is 0 Å². The number of carbonyl (C=O) groups excluding carboxylic acids is 1. The van der Waals surface area contributed by atoms with Crippen LogP contribution >= 0.6 is 0 Å². The Labute approximate surface area is 158 Å². The lowest BCUT2D eigenvalue weighted by Crippen LogP contribution is -2.19. The minimum atomic E-state index is -0.258. The van der Waals surface area contributed by atoms with E-state index in [0.29, 0.717) is 0 Å². The van der Waals surface area contributed by atoms with Crippen molar-refractivity contribution in [1.82, 2.24) is 14.8 Å². The lowest BCUT2D eigenvalue weighted by molar-refractivity contribution is 0.262. The Kier molecular flexibility index (Phi) is 4.87. The van der Waals surface area contributed by atoms with Gasteiger partial charge in [-0.3, -0.25) is 0 Å². The second-order valence-electron chi connectivity index (χ2n) is 6.76. The average Bonchev–Trinajstić information content (AvgIpc) is 3.13. The van der Waals surface area contributed by atoms with E-state index in [0.717, 1.165) is 54.4 Å². The molecule has 2 heterocycles. The first kappa shape index (κ1) is 17.3. The van der Waals surface area contributed by atoms with Crippen LogP contribution in [0.1, 0.15) is 31.2 Å². The standard InChI is InChI=1S/C21H23N5O/c1-2-15-6-10-17(11-7-15)22-21(27)23-18-12-8-16(9-13-18)20-25-24-19-5-3-4-14-26(19)20/h6-13H,2-5,14H2,1H3,(H2,22,23,27). The number of urea groups is 1. The molecule has 4 rings (SSSR count). The molecule has 0 spiro atoms. The molecule has 0 fully saturated rings. The first-order chi connectivity index (χ1) is 13.2. The molecule has 2 amide bonds. The molecular formula is C21H23N5O. The summed E-state index contributed by atoms with van der Waals surface area (Å²) < 4.78 is 2.19. The van der Waals surface area contributed by atoms with Gasteiger partial charge in [-0.25, -0.2) is 4.79 Å². The SMILES string of the molecule is CCc1ccc(NC(=O)Nc2ccc(-c3nnc4n3CCCC4)cc2)cc1. The number of benzene rings is 2. The summed E-state index contributed by atoms with van der Waals surface area (Å²) in [6, 6.07) is 15.3. The number of aromatic nitrogens is 3. The van der Waals surface area contributed by atoms with E-state index in [1.165, 1.54) is 12.0 Å². The van der Waals surface area contributed by atoms with Crippen LogP contribution in [0.25, 0.3) is 11.4 Å². The van der Waals surface area contributed by atoms with Crippen LogP contribution in [0, 0.1) is 0 Å². The fourth-order valence-electron chi connectivity index (χ4n) is 3.34. The maximum Gasteiger partial charge on any atom is 0.323 e. The highest BCUT2D eigenvalue weighted by atomic mass is 16.2. The molecule has 0 radical (unpaired) electrons. The number of nitrogens with one attached hydrogen (secondary N) is 2. The van der Waals surface area contributed by atoms with E-state index in [1.54, 1.807) is 0 Å². The van der Waals surface area contributed by atoms with Gasteiger partial charge in [0.1, 0.15) is 5.82 Å². The molecule has 0 unspecified atom stereocenters. The number of hydrogen-bond acceptors (Lipinski definition) is 3. The van der Waals surface area contributed by atoms with Crippen LogP contribution in [-0.4, -0.2) is 20.8 Å². The molecule has 27 heavy (non-hydrogen) atoms. The second kappa shape index (κ2) is 7.61. The van der Waals surface area contributed by atoms with Gasteiger partial charge < -0.3 is 15.2 Å². The smallest absolute Gasteiger partial charge is 0.311 e. The van der Waals surface area contributed by atoms with Gasteiger partial charge in [0, 0.05) is 29.9 Å². The van der Waals surface area contributed by atoms with Crippen molar-refractivity contribution < 1.29 is 4.79 Å². The Morgan fingerprint density at radius 2 is 1.63 bits per heavy atom. The minimum Gasteiger partial charge on any atom is -0.311 e. The number of nitrogens with zero attached hydrogens (tertiary/aromatic N) is 3. The molecule has 0 bridgehead atoms. The van der Waals surface area contributed by atoms with Crippen LogP contribution < -0.4 is 10.6 Å². The van der Waals surface area contributed by atoms with Crippen LogP contribution in [0.5, 0.6) is 0 Å². The van der Waals surface area contributed by atoms with E-state index in [4.69, 9.17) is 0 Å². The average molecular weight is 361 g/mol. The largest absolute Gasteiger partial charge is 0.323 e. The van der Waals surface area contributed by atoms with Crippen LogP contribution in [0.3, 0.4) is 0 Å². The van der Waals surface area contributed by atoms with Gasteiger partial charge in [-0.1, -0.05) is 19.1 Å². The molecule has 138 valence electrons. The molecule has 0 atom stereocenters. The Bertz CT molecular complexity index is 928. The van der Waals surface area contributed by atoms with Gasteiger partial charge in [-0.15, -0.1) is 10.2 Å². The topological polar surface area (TPSA) is 71.8 Å². The van der Waals surface area contributed by atoms with Gasteiger partial charge in [-0.05, 0) is 61.2 Å². The van der Waals surface area contributed by atoms with Gasteiger partial charge in [0.2, 0.25) is 0 Å². The first-order valence-electron chi connectivity index (χ1n) is 9.42. The van der Waals surface area contributed by atoms with E-state index >= 15 is 0 Å². The molecule has 3 aromatic rings. The molecule has 0 aliphatic carbocycles. The Morgan fingerprint density at radius 1 is 0.963 bits per heavy atom. The normalized spacial score (nSPS) is 13.1. The van der Waals surface area contributed by atoms with Crippen LogP contribution in [0.4, 0.5) is 16.2 Å². The molecule has 0 saturated heterocycles. The molecule has 1 aliphatic heterocycles. The fourth-order valence-corrected chi connectivity index (χ4v) is 3.34. The van der Waals surface area contributed by atoms with E-state index in [-0.39, 0.29) is 6.03 Å². The summed E-state index contributed by atoms with van der Waals surface area (Å²) in [4.78, 5) is 12.2. The number of carbonyl (C=O) groups is 1. The van der Waals surface area contributed by atoms with Crippen molar-refractivity contribution in [3.63, 3.8) is 0 Å². The van der Waals surface area contributed by atoms with Crippen molar-refractivity contribution in [2.45, 2.75) is 39.2 Å². The van der Waals surface area contributed by atoms with Crippen molar-refractivity contribution in [3.8, 4) is 11.4 Å². The second-order valence-corrected chi connectivity index (χ2v) is 6.76. The molecule has 2 aromatic carbocycles. The number of rotatable bonds is 4. The summed E-state index contributed by atoms with van der Waals surface area (Å²) in [7, 11) is 0. The third-order valence-electron chi connectivity index (χ3n) is 4.88. The summed E-state index contributed by atoms with van der Waals surface area (Å²) in [6.45, 7) is 3.07. The van der Waals surface area contributed by atoms with E-state index in [9.17, 15) is 4.79 Å². The van der Waals surface area contributed by atoms with Crippen molar-refractivity contribution >= 4 is 17.4 Å². The molecular weight excluding hydrogens is 338 g/mol. The van der Waals surface area contributed by atoms with Crippen LogP contribution in [0.2, 0.25) is 0 Å². The maximum atomic E-state index is 12.2. The van der Waals surface area contributed by atoms with Crippen LogP contribution in [0.15, 0.2) is 48.5 Å². The number of fused-ring (bicyclic) bond motifs is 1. The quantitative estimate of drug-likeness (QED) is 0.719. The van der Waals surface area contributed by atoms with Gasteiger partial charge in [-0.2, -0.15) is 0 Å². The molecule has 6 nitrogen and oxygen atoms in total. The molecule has 0 saturated carbocycles. The zero-order valence-corrected chi connectivity index (χ0v) is 15.4.